The second-order valence-electron chi connectivity index (χ2n) is 4.93. The van der Waals surface area contributed by atoms with Gasteiger partial charge in [-0.05, 0) is 12.3 Å². The van der Waals surface area contributed by atoms with Crippen LogP contribution in [0.4, 0.5) is 0 Å². The van der Waals surface area contributed by atoms with Crippen molar-refractivity contribution in [3.05, 3.63) is 0 Å². The van der Waals surface area contributed by atoms with Gasteiger partial charge in [-0.25, -0.2) is 0 Å². The van der Waals surface area contributed by atoms with Crippen LogP contribution in [-0.2, 0) is 9.59 Å². The number of carbonyl (C=O) groups is 2. The molecule has 5 nitrogen and oxygen atoms in total. The Bertz CT molecular complexity index is 265. The minimum absolute atomic E-state index is 0.127. The molecule has 0 aromatic heterocycles. The third-order valence-electron chi connectivity index (χ3n) is 2.88. The number of aliphatic carboxylic acids is 1. The van der Waals surface area contributed by atoms with E-state index in [1.807, 2.05) is 13.8 Å². The average molecular weight is 245 g/mol. The highest BCUT2D eigenvalue weighted by atomic mass is 16.4. The molecular weight excluding hydrogens is 222 g/mol. The number of carboxylic acid groups (broad SMARTS) is 1. The minimum Gasteiger partial charge on any atom is -0.481 e. The van der Waals surface area contributed by atoms with Crippen LogP contribution in [0.15, 0.2) is 0 Å². The molecule has 17 heavy (non-hydrogen) atoms. The summed E-state index contributed by atoms with van der Waals surface area (Å²) in [5, 5.41) is 20.6. The fourth-order valence-corrected chi connectivity index (χ4v) is 1.52. The number of hydrogen-bond donors (Lipinski definition) is 3. The van der Waals surface area contributed by atoms with Crippen LogP contribution in [0.3, 0.4) is 0 Å². The lowest BCUT2D eigenvalue weighted by molar-refractivity contribution is -0.146. The molecule has 100 valence electrons. The first-order chi connectivity index (χ1) is 7.79. The normalized spacial score (nSPS) is 16.4. The fourth-order valence-electron chi connectivity index (χ4n) is 1.52. The van der Waals surface area contributed by atoms with Gasteiger partial charge in [0.15, 0.2) is 0 Å². The van der Waals surface area contributed by atoms with Crippen LogP contribution >= 0.6 is 0 Å². The quantitative estimate of drug-likeness (QED) is 0.621. The Hall–Kier alpha value is -1.10. The zero-order valence-corrected chi connectivity index (χ0v) is 10.9. The van der Waals surface area contributed by atoms with Crippen LogP contribution in [-0.4, -0.2) is 34.7 Å². The number of rotatable bonds is 7. The monoisotopic (exact) mass is 245 g/mol. The number of amides is 1. The van der Waals surface area contributed by atoms with Crippen molar-refractivity contribution in [2.45, 2.75) is 40.2 Å². The molecule has 0 aromatic rings. The fraction of sp³-hybridized carbons (Fsp3) is 0.833. The van der Waals surface area contributed by atoms with Crippen LogP contribution in [0, 0.1) is 17.8 Å². The van der Waals surface area contributed by atoms with E-state index in [-0.39, 0.29) is 18.6 Å². The molecule has 0 aliphatic carbocycles. The first-order valence-electron chi connectivity index (χ1n) is 5.93. The molecular formula is C12H23NO4. The highest BCUT2D eigenvalue weighted by Crippen LogP contribution is 2.12. The van der Waals surface area contributed by atoms with E-state index in [2.05, 4.69) is 5.32 Å². The summed E-state index contributed by atoms with van der Waals surface area (Å²) in [6, 6.07) is -0.300. The third kappa shape index (κ3) is 5.68. The number of nitrogens with one attached hydrogen (secondary N) is 1. The molecule has 0 rings (SSSR count). The largest absolute Gasteiger partial charge is 0.481 e. The topological polar surface area (TPSA) is 86.6 Å². The second kappa shape index (κ2) is 7.27. The Labute approximate surface area is 102 Å². The second-order valence-corrected chi connectivity index (χ2v) is 4.93. The molecule has 0 heterocycles. The summed E-state index contributed by atoms with van der Waals surface area (Å²) >= 11 is 0. The van der Waals surface area contributed by atoms with Crippen LogP contribution in [0.2, 0.25) is 0 Å². The molecule has 0 aromatic carbocycles. The van der Waals surface area contributed by atoms with Gasteiger partial charge in [-0.3, -0.25) is 9.59 Å². The van der Waals surface area contributed by atoms with Gasteiger partial charge >= 0.3 is 5.97 Å². The predicted octanol–water partition coefficient (Wildman–Crippen LogP) is 0.866. The Kier molecular flexibility index (Phi) is 6.80. The maximum atomic E-state index is 11.8. The van der Waals surface area contributed by atoms with E-state index in [0.29, 0.717) is 12.3 Å². The highest BCUT2D eigenvalue weighted by Gasteiger charge is 2.27. The lowest BCUT2D eigenvalue weighted by Gasteiger charge is -2.22. The molecule has 0 radical (unpaired) electrons. The van der Waals surface area contributed by atoms with Crippen LogP contribution < -0.4 is 5.32 Å². The molecule has 0 aliphatic heterocycles. The molecule has 1 amide bonds. The molecule has 0 saturated carbocycles. The van der Waals surface area contributed by atoms with Gasteiger partial charge in [0.05, 0.1) is 18.6 Å². The number of carboxylic acids is 1. The van der Waals surface area contributed by atoms with Crippen LogP contribution in [0.5, 0.6) is 0 Å². The summed E-state index contributed by atoms with van der Waals surface area (Å²) < 4.78 is 0. The molecule has 0 bridgehead atoms. The van der Waals surface area contributed by atoms with Gasteiger partial charge in [-0.15, -0.1) is 0 Å². The Morgan fingerprint density at radius 2 is 1.65 bits per heavy atom. The Morgan fingerprint density at radius 1 is 1.12 bits per heavy atom. The Balaban J connectivity index is 4.35. The van der Waals surface area contributed by atoms with Gasteiger partial charge in [0.2, 0.25) is 5.91 Å². The van der Waals surface area contributed by atoms with Crippen molar-refractivity contribution in [3.63, 3.8) is 0 Å². The van der Waals surface area contributed by atoms with E-state index in [1.165, 1.54) is 6.92 Å². The maximum absolute atomic E-state index is 11.8. The number of aliphatic hydroxyl groups is 1. The van der Waals surface area contributed by atoms with Crippen molar-refractivity contribution in [2.75, 3.05) is 6.61 Å². The van der Waals surface area contributed by atoms with E-state index in [9.17, 15) is 9.59 Å². The lowest BCUT2D eigenvalue weighted by atomic mass is 9.94. The molecule has 3 N–H and O–H groups in total. The van der Waals surface area contributed by atoms with Crippen molar-refractivity contribution in [1.82, 2.24) is 5.32 Å². The van der Waals surface area contributed by atoms with Crippen LogP contribution in [0.1, 0.15) is 34.1 Å². The highest BCUT2D eigenvalue weighted by molar-refractivity contribution is 5.84. The van der Waals surface area contributed by atoms with Gasteiger partial charge in [0.1, 0.15) is 0 Å². The van der Waals surface area contributed by atoms with E-state index >= 15 is 0 Å². The molecule has 0 saturated heterocycles. The average Bonchev–Trinajstić information content (AvgIpc) is 2.24. The van der Waals surface area contributed by atoms with E-state index in [4.69, 9.17) is 10.2 Å². The van der Waals surface area contributed by atoms with Gasteiger partial charge in [0, 0.05) is 5.92 Å². The van der Waals surface area contributed by atoms with Crippen molar-refractivity contribution in [2.24, 2.45) is 17.8 Å². The van der Waals surface area contributed by atoms with E-state index in [0.717, 1.165) is 0 Å². The molecule has 3 atom stereocenters. The first kappa shape index (κ1) is 15.9. The van der Waals surface area contributed by atoms with Crippen molar-refractivity contribution in [1.29, 1.82) is 0 Å². The van der Waals surface area contributed by atoms with E-state index in [1.54, 1.807) is 6.92 Å². The smallest absolute Gasteiger partial charge is 0.307 e. The minimum atomic E-state index is -0.989. The van der Waals surface area contributed by atoms with Crippen molar-refractivity contribution in [3.8, 4) is 0 Å². The summed E-state index contributed by atoms with van der Waals surface area (Å²) in [5.74, 6) is -2.28. The van der Waals surface area contributed by atoms with E-state index < -0.39 is 17.8 Å². The van der Waals surface area contributed by atoms with Gasteiger partial charge < -0.3 is 15.5 Å². The standard InChI is InChI=1S/C12H23NO4/c1-7(2)5-10(6-14)13-11(15)8(3)9(4)12(16)17/h7-10,14H,5-6H2,1-4H3,(H,13,15)(H,16,17). The number of carbonyl (C=O) groups excluding carboxylic acids is 1. The summed E-state index contributed by atoms with van der Waals surface area (Å²) in [6.07, 6.45) is 0.677. The molecule has 0 spiro atoms. The maximum Gasteiger partial charge on any atom is 0.307 e. The zero-order chi connectivity index (χ0) is 13.6. The lowest BCUT2D eigenvalue weighted by Crippen LogP contribution is -2.43. The third-order valence-corrected chi connectivity index (χ3v) is 2.88. The molecule has 3 unspecified atom stereocenters. The molecule has 0 aliphatic rings. The Morgan fingerprint density at radius 3 is 2.00 bits per heavy atom. The summed E-state index contributed by atoms with van der Waals surface area (Å²) in [7, 11) is 0. The summed E-state index contributed by atoms with van der Waals surface area (Å²) in [6.45, 7) is 6.95. The first-order valence-corrected chi connectivity index (χ1v) is 5.93. The van der Waals surface area contributed by atoms with Crippen LogP contribution in [0.25, 0.3) is 0 Å². The van der Waals surface area contributed by atoms with Gasteiger partial charge in [-0.2, -0.15) is 0 Å². The predicted molar refractivity (Wildman–Crippen MR) is 64.4 cm³/mol. The number of hydrogen-bond acceptors (Lipinski definition) is 3. The number of aliphatic hydroxyl groups excluding tert-OH is 1. The van der Waals surface area contributed by atoms with Gasteiger partial charge in [0.25, 0.3) is 0 Å². The van der Waals surface area contributed by atoms with Crippen molar-refractivity contribution < 1.29 is 19.8 Å². The van der Waals surface area contributed by atoms with Crippen molar-refractivity contribution >= 4 is 11.9 Å². The van der Waals surface area contributed by atoms with Gasteiger partial charge in [-0.1, -0.05) is 27.7 Å². The summed E-state index contributed by atoms with van der Waals surface area (Å²) in [5.41, 5.74) is 0. The molecule has 0 fully saturated rings. The SMILES string of the molecule is CC(C)CC(CO)NC(=O)C(C)C(C)C(=O)O. The molecule has 5 heteroatoms. The zero-order valence-electron chi connectivity index (χ0n) is 10.9. The summed E-state index contributed by atoms with van der Waals surface area (Å²) in [4.78, 5) is 22.5.